The van der Waals surface area contributed by atoms with Gasteiger partial charge in [0, 0.05) is 12.1 Å². The third kappa shape index (κ3) is 4.13. The van der Waals surface area contributed by atoms with Crippen LogP contribution in [0.1, 0.15) is 10.4 Å². The number of hydrogen-bond donors (Lipinski definition) is 3. The van der Waals surface area contributed by atoms with Crippen molar-refractivity contribution in [2.75, 3.05) is 0 Å². The van der Waals surface area contributed by atoms with Gasteiger partial charge in [0.25, 0.3) is 15.8 Å². The molecule has 2 aromatic carbocycles. The van der Waals surface area contributed by atoms with Crippen LogP contribution in [0.15, 0.2) is 51.5 Å². The van der Waals surface area contributed by atoms with Crippen LogP contribution in [0.2, 0.25) is 0 Å². The zero-order chi connectivity index (χ0) is 18.8. The molecule has 0 fully saturated rings. The standard InChI is InChI=1S/C13H9N3O8S/c17-11-4-1-7(5-9(11)13(18)19)14-15-10-3-2-8(16(20)21)6-12(10)25(22,23)24/h1-6,17H,(H,18,19)(H,22,23,24). The number of nitrogens with zero attached hydrogens (tertiary/aromatic N) is 3. The van der Waals surface area contributed by atoms with E-state index in [1.165, 1.54) is 6.07 Å². The van der Waals surface area contributed by atoms with E-state index in [4.69, 9.17) is 9.66 Å². The summed E-state index contributed by atoms with van der Waals surface area (Å²) in [6.07, 6.45) is 0. The van der Waals surface area contributed by atoms with E-state index in [0.29, 0.717) is 6.07 Å². The van der Waals surface area contributed by atoms with Gasteiger partial charge in [-0.05, 0) is 24.3 Å². The van der Waals surface area contributed by atoms with Crippen molar-refractivity contribution < 1.29 is 32.9 Å². The van der Waals surface area contributed by atoms with Gasteiger partial charge in [-0.2, -0.15) is 13.5 Å². The van der Waals surface area contributed by atoms with Gasteiger partial charge >= 0.3 is 5.97 Å². The maximum Gasteiger partial charge on any atom is 0.339 e. The first-order valence-corrected chi connectivity index (χ1v) is 7.77. The van der Waals surface area contributed by atoms with Crippen LogP contribution in [0, 0.1) is 10.1 Å². The highest BCUT2D eigenvalue weighted by Crippen LogP contribution is 2.31. The maximum atomic E-state index is 11.3. The smallest absolute Gasteiger partial charge is 0.339 e. The molecule has 0 aliphatic heterocycles. The number of carbonyl (C=O) groups is 1. The molecule has 0 unspecified atom stereocenters. The molecule has 130 valence electrons. The van der Waals surface area contributed by atoms with Crippen molar-refractivity contribution in [1.82, 2.24) is 0 Å². The third-order valence-electron chi connectivity index (χ3n) is 2.92. The van der Waals surface area contributed by atoms with Crippen LogP contribution in [-0.2, 0) is 10.1 Å². The number of non-ortho nitro benzene ring substituents is 1. The van der Waals surface area contributed by atoms with E-state index in [1.54, 1.807) is 0 Å². The number of hydrogen-bond acceptors (Lipinski definition) is 8. The van der Waals surface area contributed by atoms with Gasteiger partial charge in [-0.15, -0.1) is 5.11 Å². The Morgan fingerprint density at radius 3 is 2.36 bits per heavy atom. The molecule has 0 atom stereocenters. The third-order valence-corrected chi connectivity index (χ3v) is 3.80. The molecule has 25 heavy (non-hydrogen) atoms. The van der Waals surface area contributed by atoms with Gasteiger partial charge in [-0.25, -0.2) is 4.79 Å². The summed E-state index contributed by atoms with van der Waals surface area (Å²) in [6, 6.07) is 5.79. The van der Waals surface area contributed by atoms with E-state index in [-0.39, 0.29) is 5.69 Å². The second-order valence-electron chi connectivity index (χ2n) is 4.59. The van der Waals surface area contributed by atoms with Crippen LogP contribution in [0.5, 0.6) is 5.75 Å². The first-order valence-electron chi connectivity index (χ1n) is 6.33. The van der Waals surface area contributed by atoms with Crippen molar-refractivity contribution in [3.05, 3.63) is 52.1 Å². The first-order chi connectivity index (χ1) is 11.6. The summed E-state index contributed by atoms with van der Waals surface area (Å²) in [5.41, 5.74) is -1.45. The molecule has 2 rings (SSSR count). The molecule has 0 saturated heterocycles. The highest BCUT2D eigenvalue weighted by atomic mass is 32.2. The fourth-order valence-electron chi connectivity index (χ4n) is 1.77. The van der Waals surface area contributed by atoms with Gasteiger partial charge in [0.2, 0.25) is 0 Å². The lowest BCUT2D eigenvalue weighted by molar-refractivity contribution is -0.385. The number of benzene rings is 2. The van der Waals surface area contributed by atoms with Crippen molar-refractivity contribution in [2.45, 2.75) is 4.90 Å². The Balaban J connectivity index is 2.50. The Hall–Kier alpha value is -3.38. The van der Waals surface area contributed by atoms with E-state index in [1.807, 2.05) is 0 Å². The average Bonchev–Trinajstić information content (AvgIpc) is 2.52. The summed E-state index contributed by atoms with van der Waals surface area (Å²) in [5, 5.41) is 36.2. The quantitative estimate of drug-likeness (QED) is 0.312. The number of aromatic carboxylic acids is 1. The fraction of sp³-hybridized carbons (Fsp3) is 0. The molecule has 0 spiro atoms. The molecule has 0 heterocycles. The number of nitro benzene ring substituents is 1. The van der Waals surface area contributed by atoms with Crippen LogP contribution in [0.4, 0.5) is 17.1 Å². The van der Waals surface area contributed by atoms with Gasteiger partial charge in [0.05, 0.1) is 10.6 Å². The highest BCUT2D eigenvalue weighted by Gasteiger charge is 2.20. The Bertz CT molecular complexity index is 1000. The summed E-state index contributed by atoms with van der Waals surface area (Å²) in [6.45, 7) is 0. The Morgan fingerprint density at radius 2 is 1.80 bits per heavy atom. The Labute approximate surface area is 139 Å². The normalized spacial score (nSPS) is 11.6. The van der Waals surface area contributed by atoms with Crippen LogP contribution in [-0.4, -0.2) is 34.1 Å². The zero-order valence-corrected chi connectivity index (χ0v) is 12.9. The molecule has 0 aliphatic carbocycles. The number of carboxylic acid groups (broad SMARTS) is 1. The number of carboxylic acids is 1. The summed E-state index contributed by atoms with van der Waals surface area (Å²) in [5.74, 6) is -1.91. The summed E-state index contributed by atoms with van der Waals surface area (Å²) < 4.78 is 31.9. The number of phenols is 1. The van der Waals surface area contributed by atoms with Gasteiger partial charge in [-0.1, -0.05) is 0 Å². The predicted octanol–water partition coefficient (Wildman–Crippen LogP) is 2.66. The SMILES string of the molecule is O=C(O)c1cc(N=Nc2ccc([N+](=O)[O-])cc2S(=O)(=O)O)ccc1O. The zero-order valence-electron chi connectivity index (χ0n) is 12.1. The van der Waals surface area contributed by atoms with E-state index in [2.05, 4.69) is 10.2 Å². The molecule has 0 aliphatic rings. The monoisotopic (exact) mass is 367 g/mol. The number of rotatable bonds is 5. The lowest BCUT2D eigenvalue weighted by Crippen LogP contribution is -2.00. The average molecular weight is 367 g/mol. The first kappa shape index (κ1) is 18.0. The van der Waals surface area contributed by atoms with Gasteiger partial charge in [0.15, 0.2) is 0 Å². The maximum absolute atomic E-state index is 11.3. The van der Waals surface area contributed by atoms with Crippen molar-refractivity contribution in [1.29, 1.82) is 0 Å². The molecule has 0 amide bonds. The molecular weight excluding hydrogens is 358 g/mol. The van der Waals surface area contributed by atoms with Crippen molar-refractivity contribution in [3.63, 3.8) is 0 Å². The molecule has 3 N–H and O–H groups in total. The van der Waals surface area contributed by atoms with Gasteiger partial charge < -0.3 is 10.2 Å². The Kier molecular flexibility index (Phi) is 4.76. The van der Waals surface area contributed by atoms with E-state index < -0.39 is 48.6 Å². The molecule has 2 aromatic rings. The lowest BCUT2D eigenvalue weighted by atomic mass is 10.2. The van der Waals surface area contributed by atoms with Crippen LogP contribution >= 0.6 is 0 Å². The van der Waals surface area contributed by atoms with Crippen LogP contribution in [0.3, 0.4) is 0 Å². The van der Waals surface area contributed by atoms with Gasteiger partial charge in [0.1, 0.15) is 21.9 Å². The number of azo groups is 1. The minimum atomic E-state index is -4.81. The van der Waals surface area contributed by atoms with E-state index in [9.17, 15) is 28.4 Å². The van der Waals surface area contributed by atoms with Crippen LogP contribution in [0.25, 0.3) is 0 Å². The lowest BCUT2D eigenvalue weighted by Gasteiger charge is -2.02. The molecule has 0 bridgehead atoms. The number of nitro groups is 1. The van der Waals surface area contributed by atoms with Crippen LogP contribution < -0.4 is 0 Å². The number of aromatic hydroxyl groups is 1. The summed E-state index contributed by atoms with van der Waals surface area (Å²) in [4.78, 5) is 19.9. The molecule has 0 aromatic heterocycles. The minimum Gasteiger partial charge on any atom is -0.507 e. The molecule has 11 nitrogen and oxygen atoms in total. The Morgan fingerprint density at radius 1 is 1.12 bits per heavy atom. The van der Waals surface area contributed by atoms with E-state index in [0.717, 1.165) is 24.3 Å². The molecule has 12 heteroatoms. The minimum absolute atomic E-state index is 0.0326. The van der Waals surface area contributed by atoms with E-state index >= 15 is 0 Å². The topological polar surface area (TPSA) is 180 Å². The summed E-state index contributed by atoms with van der Waals surface area (Å²) in [7, 11) is -4.81. The largest absolute Gasteiger partial charge is 0.507 e. The second kappa shape index (κ2) is 6.62. The summed E-state index contributed by atoms with van der Waals surface area (Å²) >= 11 is 0. The molecule has 0 saturated carbocycles. The van der Waals surface area contributed by atoms with Crippen molar-refractivity contribution >= 4 is 33.1 Å². The predicted molar refractivity (Wildman–Crippen MR) is 82.2 cm³/mol. The fourth-order valence-corrected chi connectivity index (χ4v) is 2.42. The van der Waals surface area contributed by atoms with Gasteiger partial charge in [-0.3, -0.25) is 14.7 Å². The second-order valence-corrected chi connectivity index (χ2v) is 5.98. The highest BCUT2D eigenvalue weighted by molar-refractivity contribution is 7.86. The molecule has 0 radical (unpaired) electrons. The molecular formula is C13H9N3O8S. The van der Waals surface area contributed by atoms with Crippen molar-refractivity contribution in [3.8, 4) is 5.75 Å². The van der Waals surface area contributed by atoms with Crippen molar-refractivity contribution in [2.24, 2.45) is 10.2 Å².